The van der Waals surface area contributed by atoms with Crippen LogP contribution in [-0.2, 0) is 54.3 Å². The Hall–Kier alpha value is -6.66. The predicted octanol–water partition coefficient (Wildman–Crippen LogP) is 10.3. The Bertz CT molecular complexity index is 3290. The summed E-state index contributed by atoms with van der Waals surface area (Å²) in [5.74, 6) is -4.63. The summed E-state index contributed by atoms with van der Waals surface area (Å²) in [6.07, 6.45) is 13.1. The second-order valence-electron chi connectivity index (χ2n) is 27.8. The Morgan fingerprint density at radius 2 is 1.47 bits per heavy atom. The van der Waals surface area contributed by atoms with Crippen LogP contribution in [0.5, 0.6) is 5.75 Å². The van der Waals surface area contributed by atoms with Crippen molar-refractivity contribution in [2.45, 2.75) is 213 Å². The lowest BCUT2D eigenvalue weighted by atomic mass is 9.79. The number of aromatic nitrogens is 3. The van der Waals surface area contributed by atoms with Gasteiger partial charge in [-0.1, -0.05) is 83.9 Å². The molecule has 3 aromatic rings. The van der Waals surface area contributed by atoms with E-state index in [1.807, 2.05) is 88.4 Å². The quantitative estimate of drug-likeness (QED) is 0.0658. The number of aliphatic hydroxyl groups is 3. The summed E-state index contributed by atoms with van der Waals surface area (Å²) >= 11 is 0. The van der Waals surface area contributed by atoms with Gasteiger partial charge in [-0.25, -0.2) is 9.78 Å². The van der Waals surface area contributed by atoms with Gasteiger partial charge in [0.25, 0.3) is 17.4 Å². The zero-order valence-corrected chi connectivity index (χ0v) is 58.4. The number of allylic oxidation sites excluding steroid dienone is 6. The lowest BCUT2D eigenvalue weighted by molar-refractivity contribution is -0.169. The summed E-state index contributed by atoms with van der Waals surface area (Å²) in [6, 6.07) is 8.76. The molecule has 1 aromatic carbocycles. The first kappa shape index (κ1) is 75.1. The molecule has 4 fully saturated rings. The first-order chi connectivity index (χ1) is 46.0. The molecular weight excluding hydrogens is 1230 g/mol. The third-order valence-electron chi connectivity index (χ3n) is 20.4. The zero-order valence-electron chi connectivity index (χ0n) is 58.4. The van der Waals surface area contributed by atoms with Gasteiger partial charge >= 0.3 is 5.97 Å². The number of rotatable bonds is 12. The fourth-order valence-electron chi connectivity index (χ4n) is 14.2. The number of benzene rings is 1. The summed E-state index contributed by atoms with van der Waals surface area (Å²) in [6.45, 7) is 20.5. The number of Topliss-reactive ketones (excluding diaryl/α,β-unsaturated/α-hetero) is 3. The number of nitrogens with zero attached hydrogens (tertiary/aromatic N) is 7. The van der Waals surface area contributed by atoms with Crippen molar-refractivity contribution in [1.82, 2.24) is 19.9 Å². The Morgan fingerprint density at radius 3 is 2.16 bits per heavy atom. The lowest BCUT2D eigenvalue weighted by Crippen LogP contribution is -2.57. The fraction of sp³-hybridized carbons (Fsp3) is 0.649. The molecule has 1 aliphatic carbocycles. The van der Waals surface area contributed by atoms with E-state index in [0.717, 1.165) is 45.6 Å². The van der Waals surface area contributed by atoms with Crippen molar-refractivity contribution < 1.29 is 67.7 Å². The average molecular weight is 1330 g/mol. The van der Waals surface area contributed by atoms with Crippen LogP contribution in [0, 0.1) is 40.4 Å². The Labute approximate surface area is 566 Å². The average Bonchev–Trinajstić information content (AvgIpc) is 0.771. The number of morpholine rings is 2. The number of nitroso groups, excluding NO2 is 1. The van der Waals surface area contributed by atoms with Crippen molar-refractivity contribution in [1.29, 1.82) is 0 Å². The van der Waals surface area contributed by atoms with Crippen molar-refractivity contribution in [2.24, 2.45) is 40.7 Å². The van der Waals surface area contributed by atoms with Crippen LogP contribution in [0.25, 0.3) is 22.3 Å². The molecule has 6 heterocycles. The van der Waals surface area contributed by atoms with Gasteiger partial charge in [0.15, 0.2) is 11.4 Å². The van der Waals surface area contributed by atoms with E-state index in [1.54, 1.807) is 27.0 Å². The number of ketones is 3. The summed E-state index contributed by atoms with van der Waals surface area (Å²) in [7, 11) is 2.98. The molecule has 0 radical (unpaired) electrons. The van der Waals surface area contributed by atoms with Gasteiger partial charge < -0.3 is 58.4 Å². The zero-order chi connectivity index (χ0) is 69.4. The summed E-state index contributed by atoms with van der Waals surface area (Å²) in [5, 5.41) is 37.6. The second kappa shape index (κ2) is 35.2. The molecule has 3 N–H and O–H groups in total. The van der Waals surface area contributed by atoms with E-state index in [1.165, 1.54) is 14.0 Å². The summed E-state index contributed by atoms with van der Waals surface area (Å²) < 4.78 is 36.3. The molecule has 2 aromatic heterocycles. The highest BCUT2D eigenvalue weighted by molar-refractivity contribution is 6.39. The number of esters is 1. The van der Waals surface area contributed by atoms with Gasteiger partial charge in [0.2, 0.25) is 5.95 Å². The van der Waals surface area contributed by atoms with Crippen molar-refractivity contribution >= 4 is 52.0 Å². The van der Waals surface area contributed by atoms with Gasteiger partial charge in [-0.05, 0) is 163 Å². The number of pyridine rings is 1. The number of methoxy groups -OCH3 is 2. The van der Waals surface area contributed by atoms with Crippen molar-refractivity contribution in [3.8, 4) is 17.0 Å². The third-order valence-corrected chi connectivity index (χ3v) is 20.4. The third kappa shape index (κ3) is 19.0. The molecule has 0 bridgehead atoms. The van der Waals surface area contributed by atoms with Gasteiger partial charge in [0.1, 0.15) is 41.7 Å². The van der Waals surface area contributed by atoms with Crippen LogP contribution in [-0.4, -0.2) is 179 Å². The van der Waals surface area contributed by atoms with Crippen LogP contribution in [0.15, 0.2) is 83.1 Å². The smallest absolute Gasteiger partial charge is 0.329 e. The first-order valence-electron chi connectivity index (χ1n) is 34.9. The highest BCUT2D eigenvalue weighted by Gasteiger charge is 2.50. The van der Waals surface area contributed by atoms with Crippen LogP contribution in [0.1, 0.15) is 158 Å². The number of anilines is 2. The minimum absolute atomic E-state index is 0.0269. The maximum Gasteiger partial charge on any atom is 0.329 e. The number of hydrogen-bond acceptors (Lipinski definition) is 21. The molecule has 1 amide bonds. The SMILES string of the molecule is COc1ccc(-c2ccc3c(N4CCOC[C@@H]4C)nc(N4CCOC[C@@H]4C)nc3n2)cc1CO[C@H]1CCCC[C@@H](C)[C@@](O)(N=O)C(=O)C(=O)N2CCCC[C@H]2C(=O)O[C@H](C(C)C[C@H]2CC[C@@H](O)CC2)CC(=O)[C@H](C)/C=C(\C)[C@@H](O)[C@@H](OC)C(=O)[C@H](C)C[C@H](C)/C=C/C=C/C=C\1C. The second-order valence-corrected chi connectivity index (χ2v) is 27.8. The number of fused-ring (bicyclic) bond motifs is 2. The predicted molar refractivity (Wildman–Crippen MR) is 367 cm³/mol. The number of aliphatic hydroxyl groups excluding tert-OH is 2. The van der Waals surface area contributed by atoms with Gasteiger partial charge in [-0.15, -0.1) is 4.91 Å². The number of carbonyl (C=O) groups is 5. The van der Waals surface area contributed by atoms with E-state index < -0.39 is 71.6 Å². The molecular formula is C74H105N7O15. The first-order valence-corrected chi connectivity index (χ1v) is 34.9. The minimum Gasteiger partial charge on any atom is -0.496 e. The van der Waals surface area contributed by atoms with Crippen LogP contribution in [0.2, 0.25) is 0 Å². The van der Waals surface area contributed by atoms with Gasteiger partial charge in [-0.3, -0.25) is 19.2 Å². The van der Waals surface area contributed by atoms with E-state index in [-0.39, 0.29) is 79.9 Å². The molecule has 3 saturated heterocycles. The molecule has 5 aliphatic rings. The van der Waals surface area contributed by atoms with Crippen LogP contribution >= 0.6 is 0 Å². The molecule has 4 aliphatic heterocycles. The number of hydrogen-bond donors (Lipinski definition) is 3. The molecule has 8 rings (SSSR count). The van der Waals surface area contributed by atoms with E-state index in [2.05, 4.69) is 28.8 Å². The molecule has 13 atom stereocenters. The number of piperidine rings is 1. The monoisotopic (exact) mass is 1330 g/mol. The minimum atomic E-state index is -2.95. The number of ether oxygens (including phenoxy) is 6. The van der Waals surface area contributed by atoms with E-state index in [4.69, 9.17) is 43.4 Å². The molecule has 1 unspecified atom stereocenters. The molecule has 22 nitrogen and oxygen atoms in total. The maximum atomic E-state index is 14.5. The normalized spacial score (nSPS) is 32.8. The number of cyclic esters (lactones) is 1. The molecule has 1 saturated carbocycles. The van der Waals surface area contributed by atoms with Crippen LogP contribution in [0.3, 0.4) is 0 Å². The van der Waals surface area contributed by atoms with Crippen LogP contribution in [0.4, 0.5) is 11.8 Å². The lowest BCUT2D eigenvalue weighted by Gasteiger charge is -2.37. The Kier molecular flexibility index (Phi) is 27.6. The largest absolute Gasteiger partial charge is 0.496 e. The van der Waals surface area contributed by atoms with Crippen LogP contribution < -0.4 is 14.5 Å². The highest BCUT2D eigenvalue weighted by atomic mass is 16.5. The van der Waals surface area contributed by atoms with E-state index >= 15 is 0 Å². The fourth-order valence-corrected chi connectivity index (χ4v) is 14.2. The van der Waals surface area contributed by atoms with Crippen molar-refractivity contribution in [3.05, 3.63) is 88.4 Å². The molecule has 96 heavy (non-hydrogen) atoms. The molecule has 22 heteroatoms. The Balaban J connectivity index is 1.06. The van der Waals surface area contributed by atoms with Gasteiger partial charge in [0, 0.05) is 62.0 Å². The molecule has 526 valence electrons. The molecule has 0 spiro atoms. The maximum absolute atomic E-state index is 14.5. The van der Waals surface area contributed by atoms with Crippen molar-refractivity contribution in [2.75, 3.05) is 70.1 Å². The summed E-state index contributed by atoms with van der Waals surface area (Å²) in [4.78, 5) is 105. The van der Waals surface area contributed by atoms with Crippen molar-refractivity contribution in [3.63, 3.8) is 0 Å². The highest BCUT2D eigenvalue weighted by Crippen LogP contribution is 2.37. The summed E-state index contributed by atoms with van der Waals surface area (Å²) in [5.41, 5.74) is 1.12. The Morgan fingerprint density at radius 1 is 0.771 bits per heavy atom. The van der Waals surface area contributed by atoms with Gasteiger partial charge in [0.05, 0.1) is 75.5 Å². The van der Waals surface area contributed by atoms with Gasteiger partial charge in [-0.2, -0.15) is 9.97 Å². The number of carbonyl (C=O) groups excluding carboxylic acids is 5. The number of amides is 1. The van der Waals surface area contributed by atoms with E-state index in [9.17, 15) is 44.2 Å². The standard InChI is InChI=1S/C74H105N7O15/c1-45-19-13-12-14-20-46(2)62(95-44-56-40-55(26-31-63(56)91-10)59-30-29-58-69(75-59)76-73(80-34-36-94-43-53(80)9)77-70(58)79-33-35-93-42-52(79)8)23-16-15-21-51(7)74(89,78-90)68(86)71(87)81-32-18-17-22-60(81)72(88)96-64(48(4)39-54-24-27-57(82)28-25-54)41-61(83)47(3)38-50(6)66(85)67(92-11)65(84)49(5)37-45/h12-14,19-20,26,29-31,38,40,45,47-49,51-54,57,60,62,64,66-67,82,85,89H,15-18,21-25,27-28,32-37,39,41-44H2,1-11H3/b14-12+,19-13+,46-20-,50-38+/t45-,47-,48?,49-,51-,52+,53+,54-,57+,60+,62+,64+,66-,67+,74+/m1/s1. The topological polar surface area (TPSA) is 279 Å². The van der Waals surface area contributed by atoms with E-state index in [0.29, 0.717) is 126 Å².